The van der Waals surface area contributed by atoms with Crippen LogP contribution in [-0.2, 0) is 4.79 Å². The fourth-order valence-electron chi connectivity index (χ4n) is 3.44. The molecule has 32 heavy (non-hydrogen) atoms. The minimum atomic E-state index is -0.284. The molecule has 0 unspecified atom stereocenters. The summed E-state index contributed by atoms with van der Waals surface area (Å²) in [4.78, 5) is 26.4. The summed E-state index contributed by atoms with van der Waals surface area (Å²) >= 11 is 3.04. The zero-order valence-corrected chi connectivity index (χ0v) is 18.3. The molecule has 0 bridgehead atoms. The highest BCUT2D eigenvalue weighted by Gasteiger charge is 2.30. The summed E-state index contributed by atoms with van der Waals surface area (Å²) in [5.41, 5.74) is 2.43. The molecule has 1 aliphatic rings. The lowest BCUT2D eigenvalue weighted by atomic mass is 10.1. The van der Waals surface area contributed by atoms with Gasteiger partial charge >= 0.3 is 0 Å². The number of hydrogen-bond acceptors (Lipinski definition) is 6. The maximum Gasteiger partial charge on any atom is 0.234 e. The van der Waals surface area contributed by atoms with Gasteiger partial charge in [-0.05, 0) is 48.7 Å². The van der Waals surface area contributed by atoms with E-state index in [1.807, 2.05) is 28.8 Å². The van der Waals surface area contributed by atoms with Gasteiger partial charge in [0.05, 0.1) is 16.4 Å². The van der Waals surface area contributed by atoms with E-state index >= 15 is 0 Å². The molecule has 1 aliphatic carbocycles. The van der Waals surface area contributed by atoms with Gasteiger partial charge in [0.25, 0.3) is 0 Å². The third-order valence-electron chi connectivity index (χ3n) is 5.25. The Labute approximate surface area is 190 Å². The van der Waals surface area contributed by atoms with Crippen LogP contribution in [0.1, 0.15) is 12.8 Å². The van der Waals surface area contributed by atoms with Crippen molar-refractivity contribution in [3.05, 3.63) is 66.9 Å². The molecule has 3 heterocycles. The molecule has 0 atom stereocenters. The first-order valence-corrected chi connectivity index (χ1v) is 11.7. The van der Waals surface area contributed by atoms with Crippen LogP contribution >= 0.6 is 23.1 Å². The molecule has 0 saturated heterocycles. The second-order valence-corrected chi connectivity index (χ2v) is 9.76. The largest absolute Gasteiger partial charge is 0.302 e. The number of carbonyl (C=O) groups excluding carboxylic acids is 1. The van der Waals surface area contributed by atoms with Crippen LogP contribution in [0.5, 0.6) is 0 Å². The molecule has 3 aromatic heterocycles. The number of anilines is 1. The van der Waals surface area contributed by atoms with Crippen LogP contribution in [0.25, 0.3) is 27.1 Å². The van der Waals surface area contributed by atoms with Crippen LogP contribution in [0.2, 0.25) is 0 Å². The number of aromatic nitrogens is 4. The Morgan fingerprint density at radius 2 is 2.00 bits per heavy atom. The van der Waals surface area contributed by atoms with E-state index in [0.717, 1.165) is 44.1 Å². The van der Waals surface area contributed by atoms with Crippen molar-refractivity contribution < 1.29 is 9.18 Å². The molecule has 1 amide bonds. The first-order chi connectivity index (χ1) is 15.6. The number of rotatable bonds is 5. The van der Waals surface area contributed by atoms with E-state index in [9.17, 15) is 9.18 Å². The highest BCUT2D eigenvalue weighted by atomic mass is 32.2. The Balaban J connectivity index is 1.29. The van der Waals surface area contributed by atoms with Gasteiger partial charge in [-0.25, -0.2) is 19.3 Å². The minimum absolute atomic E-state index is 0.0611. The lowest BCUT2D eigenvalue weighted by Crippen LogP contribution is -2.12. The molecule has 6 rings (SSSR count). The van der Waals surface area contributed by atoms with Crippen molar-refractivity contribution in [2.24, 2.45) is 5.92 Å². The molecule has 0 spiro atoms. The summed E-state index contributed by atoms with van der Waals surface area (Å²) in [5.74, 6) is 0.505. The van der Waals surface area contributed by atoms with Crippen LogP contribution in [-0.4, -0.2) is 25.3 Å². The number of hydrogen-bond donors (Lipinski definition) is 1. The molecule has 1 fully saturated rings. The minimum Gasteiger partial charge on any atom is -0.302 e. The van der Waals surface area contributed by atoms with Crippen molar-refractivity contribution >= 4 is 50.1 Å². The van der Waals surface area contributed by atoms with E-state index in [2.05, 4.69) is 26.3 Å². The maximum atomic E-state index is 13.6. The van der Waals surface area contributed by atoms with Crippen LogP contribution < -0.4 is 5.32 Å². The first-order valence-electron chi connectivity index (χ1n) is 10.1. The fraction of sp³-hybridized carbons (Fsp3) is 0.130. The Kier molecular flexibility index (Phi) is 4.65. The van der Waals surface area contributed by atoms with Gasteiger partial charge in [0.15, 0.2) is 5.13 Å². The molecule has 2 aromatic carbocycles. The average molecular weight is 462 g/mol. The summed E-state index contributed by atoms with van der Waals surface area (Å²) in [7, 11) is 0. The van der Waals surface area contributed by atoms with Crippen molar-refractivity contribution in [2.75, 3.05) is 5.32 Å². The Hall–Kier alpha value is -3.30. The van der Waals surface area contributed by atoms with Gasteiger partial charge in [0.1, 0.15) is 10.8 Å². The monoisotopic (exact) mass is 461 g/mol. The number of benzene rings is 2. The van der Waals surface area contributed by atoms with Crippen molar-refractivity contribution in [3.63, 3.8) is 0 Å². The van der Waals surface area contributed by atoms with E-state index in [1.54, 1.807) is 30.2 Å². The van der Waals surface area contributed by atoms with Crippen LogP contribution in [0, 0.1) is 11.7 Å². The number of carbonyl (C=O) groups is 1. The lowest BCUT2D eigenvalue weighted by molar-refractivity contribution is -0.117. The smallest absolute Gasteiger partial charge is 0.234 e. The summed E-state index contributed by atoms with van der Waals surface area (Å²) < 4.78 is 16.6. The second kappa shape index (κ2) is 7.68. The maximum absolute atomic E-state index is 13.6. The van der Waals surface area contributed by atoms with Gasteiger partial charge in [-0.2, -0.15) is 0 Å². The highest BCUT2D eigenvalue weighted by Crippen LogP contribution is 2.35. The summed E-state index contributed by atoms with van der Waals surface area (Å²) in [6.07, 6.45) is 7.33. The average Bonchev–Trinajstić information content (AvgIpc) is 3.47. The van der Waals surface area contributed by atoms with Gasteiger partial charge in [-0.3, -0.25) is 9.20 Å². The molecule has 1 N–H and O–H groups in total. The van der Waals surface area contributed by atoms with E-state index in [0.29, 0.717) is 10.9 Å². The van der Waals surface area contributed by atoms with E-state index in [4.69, 9.17) is 0 Å². The van der Waals surface area contributed by atoms with Gasteiger partial charge in [-0.15, -0.1) is 0 Å². The molecule has 9 heteroatoms. The molecule has 0 aliphatic heterocycles. The van der Waals surface area contributed by atoms with E-state index in [-0.39, 0.29) is 17.6 Å². The van der Waals surface area contributed by atoms with Crippen molar-refractivity contribution in [3.8, 4) is 11.1 Å². The van der Waals surface area contributed by atoms with Crippen LogP contribution in [0.15, 0.2) is 71.0 Å². The number of halogens is 1. The van der Waals surface area contributed by atoms with Crippen LogP contribution in [0.4, 0.5) is 9.52 Å². The van der Waals surface area contributed by atoms with E-state index in [1.165, 1.54) is 23.5 Å². The van der Waals surface area contributed by atoms with Gasteiger partial charge in [0.2, 0.25) is 11.7 Å². The highest BCUT2D eigenvalue weighted by molar-refractivity contribution is 7.99. The number of imidazole rings is 1. The molecule has 6 nitrogen and oxygen atoms in total. The second-order valence-electron chi connectivity index (χ2n) is 7.63. The molecule has 1 saturated carbocycles. The molecule has 0 radical (unpaired) electrons. The van der Waals surface area contributed by atoms with Gasteiger partial charge in [0, 0.05) is 28.8 Å². The van der Waals surface area contributed by atoms with Crippen molar-refractivity contribution in [2.45, 2.75) is 22.8 Å². The predicted octanol–water partition coefficient (Wildman–Crippen LogP) is 5.64. The summed E-state index contributed by atoms with van der Waals surface area (Å²) in [5, 5.41) is 4.46. The number of nitrogens with zero attached hydrogens (tertiary/aromatic N) is 4. The number of thiazole rings is 1. The van der Waals surface area contributed by atoms with Gasteiger partial charge in [-0.1, -0.05) is 35.2 Å². The third-order valence-corrected chi connectivity index (χ3v) is 7.18. The normalized spacial score (nSPS) is 13.7. The quantitative estimate of drug-likeness (QED) is 0.366. The summed E-state index contributed by atoms with van der Waals surface area (Å²) in [6, 6.07) is 12.5. The molecule has 158 valence electrons. The third kappa shape index (κ3) is 3.74. The zero-order chi connectivity index (χ0) is 21.7. The lowest BCUT2D eigenvalue weighted by Gasteiger charge is -2.05. The fourth-order valence-corrected chi connectivity index (χ4v) is 5.32. The standard InChI is InChI=1S/C23H16FN5OS2/c24-16-3-1-2-14(8-16)15-10-25-22-26-11-20(29(22)12-15)31-17-6-7-18-19(9-17)32-23(27-18)28-21(30)13-4-5-13/h1-3,6-13H,4-5H2,(H,27,28,30). The molecular formula is C23H16FN5OS2. The molecule has 5 aromatic rings. The van der Waals surface area contributed by atoms with Crippen LogP contribution in [0.3, 0.4) is 0 Å². The van der Waals surface area contributed by atoms with Gasteiger partial charge < -0.3 is 5.32 Å². The number of nitrogens with one attached hydrogen (secondary N) is 1. The van der Waals surface area contributed by atoms with Crippen molar-refractivity contribution in [1.82, 2.24) is 19.4 Å². The summed E-state index contributed by atoms with van der Waals surface area (Å²) in [6.45, 7) is 0. The number of amides is 1. The van der Waals surface area contributed by atoms with Crippen molar-refractivity contribution in [1.29, 1.82) is 0 Å². The van der Waals surface area contributed by atoms with E-state index < -0.39 is 0 Å². The Morgan fingerprint density at radius 3 is 2.84 bits per heavy atom. The SMILES string of the molecule is O=C(Nc1nc2ccc(Sc3cnc4ncc(-c5cccc(F)c5)cn34)cc2s1)C1CC1. The number of fused-ring (bicyclic) bond motifs is 2. The zero-order valence-electron chi connectivity index (χ0n) is 16.7. The predicted molar refractivity (Wildman–Crippen MR) is 123 cm³/mol. The topological polar surface area (TPSA) is 72.2 Å². The Morgan fingerprint density at radius 1 is 1.12 bits per heavy atom. The molecular weight excluding hydrogens is 445 g/mol. The Bertz CT molecular complexity index is 1490. The first kappa shape index (κ1) is 19.4.